The third-order valence-electron chi connectivity index (χ3n) is 4.29. The fraction of sp³-hybridized carbons (Fsp3) is 0.562. The number of aliphatic hydroxyl groups is 1. The van der Waals surface area contributed by atoms with Gasteiger partial charge in [-0.25, -0.2) is 0 Å². The lowest BCUT2D eigenvalue weighted by molar-refractivity contribution is -0.384. The number of non-ortho nitro benzene ring substituents is 1. The molecular weight excluding hydrogens is 298 g/mol. The van der Waals surface area contributed by atoms with Gasteiger partial charge in [0.15, 0.2) is 0 Å². The van der Waals surface area contributed by atoms with Crippen LogP contribution in [0.4, 0.5) is 11.4 Å². The zero-order valence-electron chi connectivity index (χ0n) is 13.3. The zero-order valence-corrected chi connectivity index (χ0v) is 13.3. The molecule has 1 aromatic rings. The minimum atomic E-state index is -0.478. The van der Waals surface area contributed by atoms with Crippen molar-refractivity contribution < 1.29 is 14.8 Å². The van der Waals surface area contributed by atoms with Crippen LogP contribution in [0.1, 0.15) is 31.2 Å². The normalized spacial score (nSPS) is 18.6. The van der Waals surface area contributed by atoms with E-state index in [4.69, 9.17) is 0 Å². The Morgan fingerprint density at radius 2 is 2.26 bits per heavy atom. The Balaban J connectivity index is 1.92. The van der Waals surface area contributed by atoms with Gasteiger partial charge >= 0.3 is 0 Å². The molecule has 1 saturated heterocycles. The number of hydrogen-bond donors (Lipinski definition) is 2. The number of hydrogen-bond acceptors (Lipinski definition) is 5. The topological polar surface area (TPSA) is 95.7 Å². The maximum Gasteiger partial charge on any atom is 0.271 e. The van der Waals surface area contributed by atoms with E-state index in [9.17, 15) is 20.0 Å². The number of carbonyl (C=O) groups excluding carboxylic acids is 1. The number of aryl methyl sites for hydroxylation is 1. The van der Waals surface area contributed by atoms with E-state index in [-0.39, 0.29) is 24.2 Å². The first-order valence-electron chi connectivity index (χ1n) is 7.91. The Bertz CT molecular complexity index is 576. The minimum Gasteiger partial charge on any atom is -0.395 e. The lowest BCUT2D eigenvalue weighted by atomic mass is 10.0. The summed E-state index contributed by atoms with van der Waals surface area (Å²) in [5, 5.41) is 22.9. The molecule has 0 radical (unpaired) electrons. The van der Waals surface area contributed by atoms with Gasteiger partial charge in [-0.05, 0) is 31.9 Å². The number of nitrogens with zero attached hydrogens (tertiary/aromatic N) is 2. The molecule has 0 bridgehead atoms. The summed E-state index contributed by atoms with van der Waals surface area (Å²) in [6, 6.07) is 4.56. The van der Waals surface area contributed by atoms with Gasteiger partial charge in [0.05, 0.1) is 17.2 Å². The molecule has 2 N–H and O–H groups in total. The number of nitrogens with one attached hydrogen (secondary N) is 1. The highest BCUT2D eigenvalue weighted by Gasteiger charge is 2.22. The van der Waals surface area contributed by atoms with Gasteiger partial charge in [0.25, 0.3) is 5.69 Å². The molecule has 0 aromatic heterocycles. The highest BCUT2D eigenvalue weighted by atomic mass is 16.6. The third kappa shape index (κ3) is 4.74. The zero-order chi connectivity index (χ0) is 16.8. The van der Waals surface area contributed by atoms with Crippen LogP contribution in [0.2, 0.25) is 0 Å². The van der Waals surface area contributed by atoms with Crippen molar-refractivity contribution in [2.75, 3.05) is 25.0 Å². The molecule has 1 heterocycles. The van der Waals surface area contributed by atoms with E-state index in [1.165, 1.54) is 12.1 Å². The molecule has 1 atom stereocenters. The minimum absolute atomic E-state index is 0.0396. The maximum absolute atomic E-state index is 12.1. The predicted octanol–water partition coefficient (Wildman–Crippen LogP) is 2.08. The molecule has 1 aliphatic heterocycles. The van der Waals surface area contributed by atoms with Gasteiger partial charge in [-0.1, -0.05) is 12.5 Å². The molecule has 1 amide bonds. The van der Waals surface area contributed by atoms with Gasteiger partial charge in [0, 0.05) is 31.1 Å². The van der Waals surface area contributed by atoms with Gasteiger partial charge in [-0.15, -0.1) is 0 Å². The SMILES string of the molecule is Cc1ccc([N+](=O)[O-])cc1NC(=O)CCN1CCCCC1CO. The molecule has 1 aromatic carbocycles. The number of aliphatic hydroxyl groups excluding tert-OH is 1. The van der Waals surface area contributed by atoms with Crippen LogP contribution in [0.3, 0.4) is 0 Å². The van der Waals surface area contributed by atoms with Crippen LogP contribution in [0, 0.1) is 17.0 Å². The molecule has 0 spiro atoms. The number of benzene rings is 1. The van der Waals surface area contributed by atoms with Crippen molar-refractivity contribution >= 4 is 17.3 Å². The van der Waals surface area contributed by atoms with Crippen LogP contribution in [-0.2, 0) is 4.79 Å². The van der Waals surface area contributed by atoms with Gasteiger partial charge in [0.1, 0.15) is 0 Å². The summed E-state index contributed by atoms with van der Waals surface area (Å²) in [5.74, 6) is -0.170. The van der Waals surface area contributed by atoms with Crippen molar-refractivity contribution in [3.05, 3.63) is 33.9 Å². The lowest BCUT2D eigenvalue weighted by Crippen LogP contribution is -2.43. The van der Waals surface area contributed by atoms with E-state index < -0.39 is 4.92 Å². The van der Waals surface area contributed by atoms with E-state index in [0.717, 1.165) is 31.4 Å². The average molecular weight is 321 g/mol. The summed E-state index contributed by atoms with van der Waals surface area (Å²) >= 11 is 0. The quantitative estimate of drug-likeness (QED) is 0.618. The first-order valence-corrected chi connectivity index (χ1v) is 7.91. The second-order valence-corrected chi connectivity index (χ2v) is 5.92. The van der Waals surface area contributed by atoms with E-state index in [1.807, 2.05) is 0 Å². The standard InChI is InChI=1S/C16H23N3O4/c1-12-5-6-13(19(22)23)10-15(12)17-16(21)7-9-18-8-3-2-4-14(18)11-20/h5-6,10,14,20H,2-4,7-9,11H2,1H3,(H,17,21). The summed E-state index contributed by atoms with van der Waals surface area (Å²) in [7, 11) is 0. The number of piperidine rings is 1. The molecule has 0 aliphatic carbocycles. The van der Waals surface area contributed by atoms with Gasteiger partial charge in [-0.2, -0.15) is 0 Å². The van der Waals surface area contributed by atoms with Crippen molar-refractivity contribution in [1.29, 1.82) is 0 Å². The average Bonchev–Trinajstić information content (AvgIpc) is 2.55. The number of anilines is 1. The Labute approximate surface area is 135 Å². The van der Waals surface area contributed by atoms with Gasteiger partial charge < -0.3 is 10.4 Å². The third-order valence-corrected chi connectivity index (χ3v) is 4.29. The molecular formula is C16H23N3O4. The van der Waals surface area contributed by atoms with Crippen LogP contribution in [0.25, 0.3) is 0 Å². The molecule has 1 unspecified atom stereocenters. The molecule has 23 heavy (non-hydrogen) atoms. The van der Waals surface area contributed by atoms with Crippen LogP contribution in [0.5, 0.6) is 0 Å². The van der Waals surface area contributed by atoms with E-state index in [1.54, 1.807) is 13.0 Å². The summed E-state index contributed by atoms with van der Waals surface area (Å²) in [4.78, 5) is 24.6. The van der Waals surface area contributed by atoms with Crippen LogP contribution in [0.15, 0.2) is 18.2 Å². The monoisotopic (exact) mass is 321 g/mol. The Morgan fingerprint density at radius 1 is 1.48 bits per heavy atom. The van der Waals surface area contributed by atoms with Crippen molar-refractivity contribution in [2.45, 2.75) is 38.6 Å². The highest BCUT2D eigenvalue weighted by Crippen LogP contribution is 2.22. The molecule has 1 fully saturated rings. The number of amides is 1. The number of rotatable bonds is 6. The molecule has 1 aliphatic rings. The highest BCUT2D eigenvalue weighted by molar-refractivity contribution is 5.92. The van der Waals surface area contributed by atoms with E-state index in [0.29, 0.717) is 18.7 Å². The largest absolute Gasteiger partial charge is 0.395 e. The summed E-state index contributed by atoms with van der Waals surface area (Å²) in [6.45, 7) is 3.40. The van der Waals surface area contributed by atoms with Crippen molar-refractivity contribution in [3.8, 4) is 0 Å². The first kappa shape index (κ1) is 17.4. The fourth-order valence-corrected chi connectivity index (χ4v) is 2.88. The summed E-state index contributed by atoms with van der Waals surface area (Å²) in [6.07, 6.45) is 3.46. The second-order valence-electron chi connectivity index (χ2n) is 5.92. The molecule has 0 saturated carbocycles. The Morgan fingerprint density at radius 3 is 2.96 bits per heavy atom. The van der Waals surface area contributed by atoms with E-state index in [2.05, 4.69) is 10.2 Å². The Hall–Kier alpha value is -1.99. The smallest absolute Gasteiger partial charge is 0.271 e. The van der Waals surface area contributed by atoms with E-state index >= 15 is 0 Å². The Kier molecular flexibility index (Phi) is 6.06. The van der Waals surface area contributed by atoms with Crippen LogP contribution >= 0.6 is 0 Å². The van der Waals surface area contributed by atoms with Crippen LogP contribution < -0.4 is 5.32 Å². The number of carbonyl (C=O) groups is 1. The molecule has 7 heteroatoms. The fourth-order valence-electron chi connectivity index (χ4n) is 2.88. The van der Waals surface area contributed by atoms with Crippen molar-refractivity contribution in [3.63, 3.8) is 0 Å². The molecule has 7 nitrogen and oxygen atoms in total. The summed E-state index contributed by atoms with van der Waals surface area (Å²) < 4.78 is 0. The number of likely N-dealkylation sites (tertiary alicyclic amines) is 1. The van der Waals surface area contributed by atoms with Gasteiger partial charge in [-0.3, -0.25) is 19.8 Å². The van der Waals surface area contributed by atoms with Crippen molar-refractivity contribution in [2.24, 2.45) is 0 Å². The molecule has 126 valence electrons. The van der Waals surface area contributed by atoms with Gasteiger partial charge in [0.2, 0.25) is 5.91 Å². The number of nitro benzene ring substituents is 1. The predicted molar refractivity (Wildman–Crippen MR) is 87.4 cm³/mol. The first-order chi connectivity index (χ1) is 11.0. The second kappa shape index (κ2) is 8.03. The summed E-state index contributed by atoms with van der Waals surface area (Å²) in [5.41, 5.74) is 1.22. The number of nitro groups is 1. The lowest BCUT2D eigenvalue weighted by Gasteiger charge is -2.34. The van der Waals surface area contributed by atoms with Crippen LogP contribution in [-0.4, -0.2) is 46.6 Å². The van der Waals surface area contributed by atoms with Crippen molar-refractivity contribution in [1.82, 2.24) is 4.90 Å². The maximum atomic E-state index is 12.1. The molecule has 2 rings (SSSR count).